The minimum Gasteiger partial charge on any atom is -0.390 e. The summed E-state index contributed by atoms with van der Waals surface area (Å²) in [5.41, 5.74) is 14.2. The number of amides is 2. The molecule has 4 aromatic heterocycles. The summed E-state index contributed by atoms with van der Waals surface area (Å²) in [5, 5.41) is 16.7. The highest BCUT2D eigenvalue weighted by Crippen LogP contribution is 2.28. The van der Waals surface area contributed by atoms with Gasteiger partial charge in [0.05, 0.1) is 30.5 Å². The van der Waals surface area contributed by atoms with Crippen LogP contribution in [0.3, 0.4) is 0 Å². The SMILES string of the molecule is Nc1[nH]c([C@@H](c2[nH]c(N)[nH+]c2/C=C/CNC(=O)c2cc(Br)c(Br)[nH]2)[C@H](O)CNC(=O)c2cc(Br)c(Br)[nH]2)c[nH+]1. The van der Waals surface area contributed by atoms with Gasteiger partial charge in [-0.2, -0.15) is 0 Å². The van der Waals surface area contributed by atoms with Crippen molar-refractivity contribution in [2.45, 2.75) is 12.0 Å². The molecule has 0 fully saturated rings. The van der Waals surface area contributed by atoms with Gasteiger partial charge < -0.3 is 25.7 Å². The Labute approximate surface area is 254 Å². The van der Waals surface area contributed by atoms with Crippen LogP contribution < -0.4 is 32.1 Å². The molecule has 0 saturated carbocycles. The summed E-state index contributed by atoms with van der Waals surface area (Å²) in [7, 11) is 0. The highest BCUT2D eigenvalue weighted by atomic mass is 79.9. The molecule has 4 heterocycles. The van der Waals surface area contributed by atoms with E-state index in [1.807, 2.05) is 0 Å². The number of nitrogens with two attached hydrogens (primary N) is 2. The van der Waals surface area contributed by atoms with Crippen LogP contribution in [0.2, 0.25) is 0 Å². The van der Waals surface area contributed by atoms with Crippen molar-refractivity contribution in [1.82, 2.24) is 30.6 Å². The Balaban J connectivity index is 1.50. The Morgan fingerprint density at radius 3 is 2.10 bits per heavy atom. The van der Waals surface area contributed by atoms with Crippen LogP contribution in [0.4, 0.5) is 11.9 Å². The maximum Gasteiger partial charge on any atom is 0.350 e. The number of H-pyrrole nitrogens is 6. The summed E-state index contributed by atoms with van der Waals surface area (Å²) in [6.07, 6.45) is 3.99. The van der Waals surface area contributed by atoms with Crippen LogP contribution in [0.1, 0.15) is 44.0 Å². The van der Waals surface area contributed by atoms with Gasteiger partial charge in [0.25, 0.3) is 11.8 Å². The summed E-state index contributed by atoms with van der Waals surface area (Å²) < 4.78 is 2.73. The first-order chi connectivity index (χ1) is 18.5. The van der Waals surface area contributed by atoms with Crippen molar-refractivity contribution in [3.05, 3.63) is 71.0 Å². The largest absolute Gasteiger partial charge is 0.390 e. The number of hydrogen-bond donors (Lipinski definition) is 9. The van der Waals surface area contributed by atoms with Gasteiger partial charge in [0.15, 0.2) is 0 Å². The van der Waals surface area contributed by atoms with Crippen molar-refractivity contribution >= 4 is 93.5 Å². The van der Waals surface area contributed by atoms with Gasteiger partial charge in [0.1, 0.15) is 34.4 Å². The zero-order valence-electron chi connectivity index (χ0n) is 19.9. The molecule has 0 aliphatic rings. The molecule has 0 aromatic carbocycles. The Bertz CT molecular complexity index is 1480. The summed E-state index contributed by atoms with van der Waals surface area (Å²) in [4.78, 5) is 42.8. The average molecular weight is 796 g/mol. The van der Waals surface area contributed by atoms with E-state index in [1.54, 1.807) is 30.5 Å². The Morgan fingerprint density at radius 2 is 1.56 bits per heavy atom. The summed E-state index contributed by atoms with van der Waals surface area (Å²) in [6, 6.07) is 3.29. The lowest BCUT2D eigenvalue weighted by molar-refractivity contribution is -0.361. The summed E-state index contributed by atoms with van der Waals surface area (Å²) in [6.45, 7) is 0.134. The maximum atomic E-state index is 12.6. The van der Waals surface area contributed by atoms with Gasteiger partial charge in [-0.15, -0.1) is 0 Å². The molecule has 4 aromatic rings. The molecule has 2 atom stereocenters. The monoisotopic (exact) mass is 792 g/mol. The number of anilines is 2. The molecule has 13 nitrogen and oxygen atoms in total. The van der Waals surface area contributed by atoms with Crippen molar-refractivity contribution in [3.8, 4) is 0 Å². The molecule has 0 unspecified atom stereocenters. The Kier molecular flexibility index (Phi) is 9.37. The first-order valence-electron chi connectivity index (χ1n) is 11.3. The van der Waals surface area contributed by atoms with Crippen molar-refractivity contribution in [2.75, 3.05) is 24.6 Å². The maximum absolute atomic E-state index is 12.6. The summed E-state index contributed by atoms with van der Waals surface area (Å²) >= 11 is 13.3. The molecule has 2 amide bonds. The van der Waals surface area contributed by atoms with E-state index in [0.29, 0.717) is 48.1 Å². The summed E-state index contributed by atoms with van der Waals surface area (Å²) in [5.74, 6) is -0.839. The number of carbonyl (C=O) groups excluding carboxylic acids is 2. The van der Waals surface area contributed by atoms with Crippen LogP contribution in [0.25, 0.3) is 6.08 Å². The van der Waals surface area contributed by atoms with E-state index in [1.165, 1.54) is 0 Å². The number of aliphatic hydroxyl groups excluding tert-OH is 1. The number of aromatic nitrogens is 6. The minimum absolute atomic E-state index is 0.0872. The highest BCUT2D eigenvalue weighted by molar-refractivity contribution is 9.13. The van der Waals surface area contributed by atoms with E-state index in [9.17, 15) is 14.7 Å². The predicted molar refractivity (Wildman–Crippen MR) is 157 cm³/mol. The molecular weight excluding hydrogens is 772 g/mol. The van der Waals surface area contributed by atoms with Crippen LogP contribution in [0.5, 0.6) is 0 Å². The van der Waals surface area contributed by atoms with Crippen LogP contribution >= 0.6 is 63.7 Å². The predicted octanol–water partition coefficient (Wildman–Crippen LogP) is 2.21. The Morgan fingerprint density at radius 1 is 0.949 bits per heavy atom. The molecular formula is C22H24Br4N10O3+2. The number of hydrogen-bond acceptors (Lipinski definition) is 5. The van der Waals surface area contributed by atoms with E-state index in [4.69, 9.17) is 11.5 Å². The van der Waals surface area contributed by atoms with Gasteiger partial charge >= 0.3 is 11.9 Å². The standard InChI is InChI=1S/C22H22Br4N10O3/c23-8-4-11(32-17(8)25)19(38)29-3-1-2-10-16(36-22(28)34-10)15(13-6-31-21(27)35-13)14(37)7-30-20(39)12-5-9(24)18(26)33-12/h1-2,4-6,14-15,32-33,37H,3,7H2,(H,29,38)(H,30,39)(H3,27,31,35)(H3,28,34,36)/p+2/b2-1+/t14-,15-/m1/s1. The molecule has 0 spiro atoms. The molecule has 17 heteroatoms. The molecule has 0 bridgehead atoms. The van der Waals surface area contributed by atoms with Gasteiger partial charge in [-0.1, -0.05) is 6.08 Å². The van der Waals surface area contributed by atoms with E-state index in [0.717, 1.165) is 4.47 Å². The van der Waals surface area contributed by atoms with Crippen LogP contribution in [0, 0.1) is 0 Å². The van der Waals surface area contributed by atoms with E-state index in [-0.39, 0.29) is 24.9 Å². The average Bonchev–Trinajstić information content (AvgIpc) is 3.64. The lowest BCUT2D eigenvalue weighted by atomic mass is 9.93. The number of nitrogen functional groups attached to an aromatic ring is 2. The van der Waals surface area contributed by atoms with Crippen LogP contribution in [0.15, 0.2) is 42.6 Å². The first-order valence-corrected chi connectivity index (χ1v) is 14.5. The van der Waals surface area contributed by atoms with Crippen molar-refractivity contribution < 1.29 is 24.7 Å². The lowest BCUT2D eigenvalue weighted by Crippen LogP contribution is -2.36. The third-order valence-electron chi connectivity index (χ3n) is 5.60. The van der Waals surface area contributed by atoms with Gasteiger partial charge in [0.2, 0.25) is 0 Å². The topological polar surface area (TPSA) is 222 Å². The molecule has 0 aliphatic carbocycles. The molecule has 13 N–H and O–H groups in total. The fourth-order valence-corrected chi connectivity index (χ4v) is 5.14. The third-order valence-corrected chi connectivity index (χ3v) is 9.16. The molecule has 0 aliphatic heterocycles. The zero-order chi connectivity index (χ0) is 28.3. The van der Waals surface area contributed by atoms with E-state index < -0.39 is 17.9 Å². The second-order valence-electron chi connectivity index (χ2n) is 8.33. The number of nitrogens with one attached hydrogen (secondary N) is 8. The number of aliphatic hydroxyl groups is 1. The second-order valence-corrected chi connectivity index (χ2v) is 11.6. The van der Waals surface area contributed by atoms with Crippen molar-refractivity contribution in [1.29, 1.82) is 0 Å². The van der Waals surface area contributed by atoms with Gasteiger partial charge in [-0.25, -0.2) is 19.9 Å². The van der Waals surface area contributed by atoms with Crippen LogP contribution in [-0.2, 0) is 0 Å². The van der Waals surface area contributed by atoms with Gasteiger partial charge in [0, 0.05) is 13.1 Å². The fourth-order valence-electron chi connectivity index (χ4n) is 3.83. The van der Waals surface area contributed by atoms with E-state index in [2.05, 4.69) is 104 Å². The van der Waals surface area contributed by atoms with Gasteiger partial charge in [-0.05, 0) is 81.9 Å². The first kappa shape index (κ1) is 29.1. The van der Waals surface area contributed by atoms with Crippen molar-refractivity contribution in [3.63, 3.8) is 0 Å². The fraction of sp³-hybridized carbons (Fsp3) is 0.182. The minimum atomic E-state index is -1.09. The van der Waals surface area contributed by atoms with Crippen LogP contribution in [-0.4, -0.2) is 56.1 Å². The normalized spacial score (nSPS) is 13.1. The number of aromatic amines is 6. The quantitative estimate of drug-likeness (QED) is 0.118. The number of halogens is 4. The number of carbonyl (C=O) groups is 2. The molecule has 39 heavy (non-hydrogen) atoms. The molecule has 0 saturated heterocycles. The molecule has 4 rings (SSSR count). The molecule has 206 valence electrons. The Hall–Kier alpha value is -2.86. The molecule has 0 radical (unpaired) electrons. The van der Waals surface area contributed by atoms with E-state index >= 15 is 0 Å². The highest BCUT2D eigenvalue weighted by Gasteiger charge is 2.34. The second kappa shape index (κ2) is 12.5. The van der Waals surface area contributed by atoms with Gasteiger partial charge in [-0.3, -0.25) is 21.1 Å². The number of rotatable bonds is 10. The van der Waals surface area contributed by atoms with Crippen molar-refractivity contribution in [2.24, 2.45) is 0 Å². The zero-order valence-corrected chi connectivity index (χ0v) is 26.2. The number of imidazole rings is 2. The smallest absolute Gasteiger partial charge is 0.350 e. The third kappa shape index (κ3) is 7.02. The lowest BCUT2D eigenvalue weighted by Gasteiger charge is -2.19.